The highest BCUT2D eigenvalue weighted by molar-refractivity contribution is 6.04. The zero-order chi connectivity index (χ0) is 17.3. The van der Waals surface area contributed by atoms with E-state index in [1.807, 2.05) is 49.4 Å². The summed E-state index contributed by atoms with van der Waals surface area (Å²) in [6.45, 7) is 1.81. The zero-order valence-corrected chi connectivity index (χ0v) is 13.3. The molecule has 1 atom stereocenters. The van der Waals surface area contributed by atoms with Crippen molar-refractivity contribution in [1.82, 2.24) is 4.57 Å². The lowest BCUT2D eigenvalue weighted by Crippen LogP contribution is -2.30. The maximum absolute atomic E-state index is 12.9. The van der Waals surface area contributed by atoms with Gasteiger partial charge >= 0.3 is 0 Å². The van der Waals surface area contributed by atoms with Gasteiger partial charge in [-0.1, -0.05) is 36.4 Å². The van der Waals surface area contributed by atoms with Crippen LogP contribution in [0, 0.1) is 6.92 Å². The van der Waals surface area contributed by atoms with Gasteiger partial charge in [0.25, 0.3) is 5.91 Å². The third-order valence-corrected chi connectivity index (χ3v) is 4.19. The van der Waals surface area contributed by atoms with Crippen molar-refractivity contribution in [3.8, 4) is 0 Å². The van der Waals surface area contributed by atoms with Gasteiger partial charge in [0.1, 0.15) is 6.10 Å². The Labute approximate surface area is 139 Å². The summed E-state index contributed by atoms with van der Waals surface area (Å²) in [7, 11) is 0. The van der Waals surface area contributed by atoms with Crippen LogP contribution in [0.4, 0.5) is 0 Å². The highest BCUT2D eigenvalue weighted by Gasteiger charge is 2.22. The lowest BCUT2D eigenvalue weighted by Gasteiger charge is -2.09. The third-order valence-electron chi connectivity index (χ3n) is 4.19. The van der Waals surface area contributed by atoms with Crippen LogP contribution in [-0.4, -0.2) is 27.6 Å². The largest absolute Gasteiger partial charge is 0.383 e. The van der Waals surface area contributed by atoms with Gasteiger partial charge in [-0.05, 0) is 30.7 Å². The first-order valence-corrected chi connectivity index (χ1v) is 7.66. The minimum Gasteiger partial charge on any atom is -0.383 e. The Kier molecular flexibility index (Phi) is 4.18. The minimum absolute atomic E-state index is 0.0801. The number of para-hydroxylation sites is 1. The second-order valence-corrected chi connectivity index (χ2v) is 5.71. The smallest absolute Gasteiger partial charge is 0.262 e. The van der Waals surface area contributed by atoms with E-state index >= 15 is 0 Å². The molecule has 1 amide bonds. The molecule has 0 saturated carbocycles. The number of benzene rings is 2. The van der Waals surface area contributed by atoms with Gasteiger partial charge in [0.15, 0.2) is 0 Å². The first-order chi connectivity index (χ1) is 11.5. The summed E-state index contributed by atoms with van der Waals surface area (Å²) in [4.78, 5) is 24.1. The van der Waals surface area contributed by atoms with Crippen molar-refractivity contribution in [3.05, 3.63) is 71.4 Å². The molecule has 122 valence electrons. The molecule has 2 aromatic carbocycles. The number of carbonyl (C=O) groups is 2. The van der Waals surface area contributed by atoms with Crippen LogP contribution in [0.3, 0.4) is 0 Å². The molecule has 24 heavy (non-hydrogen) atoms. The van der Waals surface area contributed by atoms with Crippen molar-refractivity contribution < 1.29 is 14.7 Å². The van der Waals surface area contributed by atoms with Crippen LogP contribution >= 0.6 is 0 Å². The number of aromatic nitrogens is 1. The van der Waals surface area contributed by atoms with E-state index in [2.05, 4.69) is 0 Å². The summed E-state index contributed by atoms with van der Waals surface area (Å²) >= 11 is 0. The van der Waals surface area contributed by atoms with E-state index < -0.39 is 12.0 Å². The molecule has 5 nitrogen and oxygen atoms in total. The van der Waals surface area contributed by atoms with Crippen LogP contribution in [0.2, 0.25) is 0 Å². The molecular weight excluding hydrogens is 304 g/mol. The molecule has 1 heterocycles. The van der Waals surface area contributed by atoms with E-state index in [0.717, 1.165) is 16.5 Å². The number of primary amides is 1. The normalized spacial score (nSPS) is 12.2. The Balaban J connectivity index is 2.17. The SMILES string of the molecule is Cc1c(CC(O)C(N)=O)c2ccccc2n1C(=O)c1ccccc1. The summed E-state index contributed by atoms with van der Waals surface area (Å²) in [5, 5.41) is 10.7. The fourth-order valence-corrected chi connectivity index (χ4v) is 2.96. The van der Waals surface area contributed by atoms with Crippen molar-refractivity contribution in [3.63, 3.8) is 0 Å². The van der Waals surface area contributed by atoms with Crippen LogP contribution in [0.25, 0.3) is 10.9 Å². The molecule has 0 fully saturated rings. The molecule has 1 aromatic heterocycles. The molecule has 1 unspecified atom stereocenters. The Morgan fingerprint density at radius 3 is 2.38 bits per heavy atom. The van der Waals surface area contributed by atoms with Crippen LogP contribution in [0.15, 0.2) is 54.6 Å². The second-order valence-electron chi connectivity index (χ2n) is 5.71. The third kappa shape index (κ3) is 2.70. The summed E-state index contributed by atoms with van der Waals surface area (Å²) in [6.07, 6.45) is -1.20. The number of amides is 1. The molecule has 0 aliphatic carbocycles. The lowest BCUT2D eigenvalue weighted by atomic mass is 10.0. The van der Waals surface area contributed by atoms with Crippen molar-refractivity contribution in [2.45, 2.75) is 19.4 Å². The van der Waals surface area contributed by atoms with Crippen molar-refractivity contribution in [2.24, 2.45) is 5.73 Å². The van der Waals surface area contributed by atoms with Crippen molar-refractivity contribution in [1.29, 1.82) is 0 Å². The quantitative estimate of drug-likeness (QED) is 0.770. The number of nitrogens with two attached hydrogens (primary N) is 1. The molecule has 0 aliphatic rings. The topological polar surface area (TPSA) is 85.3 Å². The molecule has 3 rings (SSSR count). The van der Waals surface area contributed by atoms with Gasteiger partial charge in [-0.2, -0.15) is 0 Å². The molecule has 5 heteroatoms. The van der Waals surface area contributed by atoms with Gasteiger partial charge in [0.05, 0.1) is 5.52 Å². The van der Waals surface area contributed by atoms with Crippen molar-refractivity contribution >= 4 is 22.7 Å². The highest BCUT2D eigenvalue weighted by atomic mass is 16.3. The van der Waals surface area contributed by atoms with E-state index in [-0.39, 0.29) is 12.3 Å². The summed E-state index contributed by atoms with van der Waals surface area (Å²) in [6, 6.07) is 16.4. The van der Waals surface area contributed by atoms with Gasteiger partial charge in [-0.25, -0.2) is 0 Å². The van der Waals surface area contributed by atoms with Crippen LogP contribution < -0.4 is 5.73 Å². The minimum atomic E-state index is -1.28. The van der Waals surface area contributed by atoms with E-state index in [1.54, 1.807) is 16.7 Å². The average molecular weight is 322 g/mol. The number of rotatable bonds is 4. The lowest BCUT2D eigenvalue weighted by molar-refractivity contribution is -0.125. The van der Waals surface area contributed by atoms with Gasteiger partial charge in [-0.15, -0.1) is 0 Å². The molecule has 0 radical (unpaired) electrons. The fraction of sp³-hybridized carbons (Fsp3) is 0.158. The second kappa shape index (κ2) is 6.29. The zero-order valence-electron chi connectivity index (χ0n) is 13.3. The summed E-state index contributed by atoms with van der Waals surface area (Å²) in [5.41, 5.74) is 7.94. The number of aliphatic hydroxyl groups is 1. The maximum Gasteiger partial charge on any atom is 0.262 e. The van der Waals surface area contributed by atoms with Gasteiger partial charge in [-0.3, -0.25) is 14.2 Å². The Hall–Kier alpha value is -2.92. The number of carbonyl (C=O) groups excluding carboxylic acids is 2. The predicted molar refractivity (Wildman–Crippen MR) is 91.8 cm³/mol. The fourth-order valence-electron chi connectivity index (χ4n) is 2.96. The van der Waals surface area contributed by atoms with Gasteiger partial charge in [0.2, 0.25) is 5.91 Å². The number of aliphatic hydroxyl groups excluding tert-OH is 1. The Morgan fingerprint density at radius 1 is 1.08 bits per heavy atom. The number of hydrogen-bond acceptors (Lipinski definition) is 3. The first kappa shape index (κ1) is 16.0. The van der Waals surface area contributed by atoms with Crippen LogP contribution in [0.1, 0.15) is 21.6 Å². The first-order valence-electron chi connectivity index (χ1n) is 7.66. The standard InChI is InChI=1S/C19H18N2O3/c1-12-15(11-17(22)18(20)23)14-9-5-6-10-16(14)21(12)19(24)13-7-3-2-4-8-13/h2-10,17,22H,11H2,1H3,(H2,20,23). The molecule has 0 bridgehead atoms. The Bertz CT molecular complexity index is 913. The molecular formula is C19H18N2O3. The van der Waals surface area contributed by atoms with Gasteiger partial charge in [0, 0.05) is 23.1 Å². The molecule has 0 saturated heterocycles. The highest BCUT2D eigenvalue weighted by Crippen LogP contribution is 2.28. The van der Waals surface area contributed by atoms with Crippen LogP contribution in [0.5, 0.6) is 0 Å². The molecule has 0 spiro atoms. The van der Waals surface area contributed by atoms with Gasteiger partial charge < -0.3 is 10.8 Å². The molecule has 3 N–H and O–H groups in total. The maximum atomic E-state index is 12.9. The van der Waals surface area contributed by atoms with E-state index in [4.69, 9.17) is 5.73 Å². The number of hydrogen-bond donors (Lipinski definition) is 2. The van der Waals surface area contributed by atoms with E-state index in [9.17, 15) is 14.7 Å². The molecule has 0 aliphatic heterocycles. The summed E-state index contributed by atoms with van der Waals surface area (Å²) in [5.74, 6) is -0.926. The Morgan fingerprint density at radius 2 is 1.71 bits per heavy atom. The number of nitrogens with zero attached hydrogens (tertiary/aromatic N) is 1. The average Bonchev–Trinajstić information content (AvgIpc) is 2.87. The van der Waals surface area contributed by atoms with E-state index in [1.165, 1.54) is 0 Å². The summed E-state index contributed by atoms with van der Waals surface area (Å²) < 4.78 is 1.62. The van der Waals surface area contributed by atoms with Crippen LogP contribution in [-0.2, 0) is 11.2 Å². The van der Waals surface area contributed by atoms with E-state index in [0.29, 0.717) is 11.3 Å². The monoisotopic (exact) mass is 322 g/mol. The number of fused-ring (bicyclic) bond motifs is 1. The predicted octanol–water partition coefficient (Wildman–Crippen LogP) is 2.03. The van der Waals surface area contributed by atoms with Crippen molar-refractivity contribution in [2.75, 3.05) is 0 Å². The molecule has 3 aromatic rings.